The Hall–Kier alpha value is -1.39. The summed E-state index contributed by atoms with van der Waals surface area (Å²) in [6.07, 6.45) is 8.30. The highest BCUT2D eigenvalue weighted by Crippen LogP contribution is 2.61. The first-order chi connectivity index (χ1) is 13.5. The smallest absolute Gasteiger partial charge is 0.333 e. The molecule has 4 heteroatoms. The summed E-state index contributed by atoms with van der Waals surface area (Å²) in [5, 5.41) is 20.3. The number of carbonyl (C=O) groups is 1. The van der Waals surface area contributed by atoms with Crippen LogP contribution in [0.3, 0.4) is 0 Å². The Morgan fingerprint density at radius 3 is 2.55 bits per heavy atom. The number of ether oxygens (including phenoxy) is 1. The molecule has 2 N–H and O–H groups in total. The maximum Gasteiger partial charge on any atom is 0.333 e. The van der Waals surface area contributed by atoms with Crippen LogP contribution in [0.2, 0.25) is 0 Å². The molecule has 4 nitrogen and oxygen atoms in total. The van der Waals surface area contributed by atoms with Gasteiger partial charge in [-0.15, -0.1) is 0 Å². The average Bonchev–Trinajstić information content (AvgIpc) is 2.63. The molecule has 2 rings (SSSR count). The molecular weight excluding hydrogens is 364 g/mol. The van der Waals surface area contributed by atoms with Crippen molar-refractivity contribution in [2.24, 2.45) is 22.7 Å². The molecule has 2 aliphatic carbocycles. The van der Waals surface area contributed by atoms with E-state index in [1.807, 2.05) is 13.0 Å². The van der Waals surface area contributed by atoms with Gasteiger partial charge in [-0.05, 0) is 70.6 Å². The molecule has 0 amide bonds. The van der Waals surface area contributed by atoms with Crippen LogP contribution in [0.15, 0.2) is 34.9 Å². The van der Waals surface area contributed by atoms with Crippen molar-refractivity contribution < 1.29 is 19.7 Å². The molecule has 0 radical (unpaired) electrons. The highest BCUT2D eigenvalue weighted by Gasteiger charge is 2.59. The minimum atomic E-state index is -0.678. The van der Waals surface area contributed by atoms with Gasteiger partial charge in [-0.25, -0.2) is 4.79 Å². The van der Waals surface area contributed by atoms with Crippen molar-refractivity contribution in [3.8, 4) is 0 Å². The molecule has 0 unspecified atom stereocenters. The number of fused-ring (bicyclic) bond motifs is 1. The molecule has 0 aromatic rings. The summed E-state index contributed by atoms with van der Waals surface area (Å²) in [5.74, 6) is 0.348. The summed E-state index contributed by atoms with van der Waals surface area (Å²) in [7, 11) is 0. The third-order valence-electron chi connectivity index (χ3n) is 7.70. The number of aliphatic hydroxyl groups excluding tert-OH is 2. The summed E-state index contributed by atoms with van der Waals surface area (Å²) in [4.78, 5) is 12.4. The van der Waals surface area contributed by atoms with Crippen LogP contribution in [0.4, 0.5) is 0 Å². The van der Waals surface area contributed by atoms with E-state index in [1.165, 1.54) is 11.1 Å². The van der Waals surface area contributed by atoms with Gasteiger partial charge in [0.2, 0.25) is 0 Å². The van der Waals surface area contributed by atoms with Crippen molar-refractivity contribution in [3.63, 3.8) is 0 Å². The average molecular weight is 405 g/mol. The minimum Gasteiger partial charge on any atom is -0.456 e. The largest absolute Gasteiger partial charge is 0.456 e. The van der Waals surface area contributed by atoms with Gasteiger partial charge in [0.15, 0.2) is 0 Å². The fourth-order valence-electron chi connectivity index (χ4n) is 5.91. The maximum absolute atomic E-state index is 12.4. The quantitative estimate of drug-likeness (QED) is 0.373. The van der Waals surface area contributed by atoms with E-state index in [-0.39, 0.29) is 23.4 Å². The Bertz CT molecular complexity index is 700. The van der Waals surface area contributed by atoms with Crippen LogP contribution in [0, 0.1) is 22.7 Å². The van der Waals surface area contributed by atoms with Gasteiger partial charge in [-0.1, -0.05) is 50.1 Å². The molecule has 0 aromatic carbocycles. The molecule has 0 aromatic heterocycles. The number of aliphatic hydroxyl groups is 2. The van der Waals surface area contributed by atoms with E-state index in [2.05, 4.69) is 40.7 Å². The Morgan fingerprint density at radius 2 is 1.97 bits per heavy atom. The van der Waals surface area contributed by atoms with E-state index in [0.717, 1.165) is 19.3 Å². The third kappa shape index (κ3) is 4.69. The van der Waals surface area contributed by atoms with Crippen LogP contribution in [-0.4, -0.2) is 35.0 Å². The van der Waals surface area contributed by atoms with Crippen molar-refractivity contribution in [1.29, 1.82) is 0 Å². The molecule has 1 fully saturated rings. The Kier molecular flexibility index (Phi) is 7.56. The lowest BCUT2D eigenvalue weighted by Gasteiger charge is -2.60. The summed E-state index contributed by atoms with van der Waals surface area (Å²) in [6.45, 7) is 14.5. The van der Waals surface area contributed by atoms with E-state index < -0.39 is 12.2 Å². The van der Waals surface area contributed by atoms with Gasteiger partial charge in [-0.2, -0.15) is 0 Å². The van der Waals surface area contributed by atoms with E-state index in [1.54, 1.807) is 13.0 Å². The second-order valence-corrected chi connectivity index (χ2v) is 9.96. The molecule has 0 bridgehead atoms. The van der Waals surface area contributed by atoms with Crippen LogP contribution in [0.5, 0.6) is 0 Å². The normalized spacial score (nSPS) is 35.0. The van der Waals surface area contributed by atoms with Gasteiger partial charge in [0.25, 0.3) is 0 Å². The van der Waals surface area contributed by atoms with Gasteiger partial charge >= 0.3 is 5.97 Å². The van der Waals surface area contributed by atoms with Crippen LogP contribution < -0.4 is 0 Å². The van der Waals surface area contributed by atoms with Crippen LogP contribution in [0.1, 0.15) is 74.1 Å². The van der Waals surface area contributed by atoms with Gasteiger partial charge < -0.3 is 14.9 Å². The predicted molar refractivity (Wildman–Crippen MR) is 117 cm³/mol. The van der Waals surface area contributed by atoms with Crippen LogP contribution >= 0.6 is 0 Å². The van der Waals surface area contributed by atoms with Gasteiger partial charge in [0.05, 0.1) is 12.7 Å². The SMILES string of the molecule is C/C=C(/C)C(=O)O[C@@H]1[C@@H](O)C[C@@]2(C)[C@H](CC/C(C)=C/CO)C(C)=CC[C@@H]2C1(C)C. The molecule has 0 aliphatic heterocycles. The van der Waals surface area contributed by atoms with Crippen LogP contribution in [-0.2, 0) is 9.53 Å². The first-order valence-corrected chi connectivity index (χ1v) is 10.9. The standard InChI is InChI=1S/C25H40O4/c1-8-17(3)23(28)29-22-20(27)15-25(7)19(11-9-16(2)13-14-26)18(4)10-12-21(25)24(22,5)6/h8,10,13,19-22,26-27H,9,11-12,14-15H2,1-7H3/b16-13+,17-8-/t19-,20+,21-,22-,25+/m1/s1. The summed E-state index contributed by atoms with van der Waals surface area (Å²) < 4.78 is 5.84. The zero-order valence-electron chi connectivity index (χ0n) is 19.3. The van der Waals surface area contributed by atoms with Crippen molar-refractivity contribution in [3.05, 3.63) is 34.9 Å². The highest BCUT2D eigenvalue weighted by molar-refractivity contribution is 5.87. The van der Waals surface area contributed by atoms with E-state index >= 15 is 0 Å². The molecule has 5 atom stereocenters. The number of allylic oxidation sites excluding steroid dienone is 4. The molecule has 164 valence electrons. The minimum absolute atomic E-state index is 0.0558. The predicted octanol–water partition coefficient (Wildman–Crippen LogP) is 4.96. The Labute approximate surface area is 176 Å². The third-order valence-corrected chi connectivity index (χ3v) is 7.70. The zero-order chi connectivity index (χ0) is 22.0. The van der Waals surface area contributed by atoms with Crippen molar-refractivity contribution in [2.45, 2.75) is 86.4 Å². The lowest BCUT2D eigenvalue weighted by molar-refractivity contribution is -0.199. The van der Waals surface area contributed by atoms with E-state index in [4.69, 9.17) is 9.84 Å². The number of esters is 1. The van der Waals surface area contributed by atoms with E-state index in [0.29, 0.717) is 23.8 Å². The molecule has 0 spiro atoms. The van der Waals surface area contributed by atoms with Crippen molar-refractivity contribution in [1.82, 2.24) is 0 Å². The second kappa shape index (κ2) is 9.18. The fraction of sp³-hybridized carbons (Fsp3) is 0.720. The first-order valence-electron chi connectivity index (χ1n) is 10.9. The maximum atomic E-state index is 12.4. The highest BCUT2D eigenvalue weighted by atomic mass is 16.6. The van der Waals surface area contributed by atoms with Crippen molar-refractivity contribution in [2.75, 3.05) is 6.61 Å². The summed E-state index contributed by atoms with van der Waals surface area (Å²) >= 11 is 0. The topological polar surface area (TPSA) is 66.8 Å². The zero-order valence-corrected chi connectivity index (χ0v) is 19.3. The molecule has 2 aliphatic rings. The lowest BCUT2D eigenvalue weighted by Crippen LogP contribution is -2.60. The second-order valence-electron chi connectivity index (χ2n) is 9.96. The monoisotopic (exact) mass is 404 g/mol. The molecule has 29 heavy (non-hydrogen) atoms. The van der Waals surface area contributed by atoms with Crippen molar-refractivity contribution >= 4 is 5.97 Å². The Morgan fingerprint density at radius 1 is 1.31 bits per heavy atom. The van der Waals surface area contributed by atoms with Gasteiger partial charge in [0.1, 0.15) is 6.10 Å². The number of rotatable bonds is 6. The number of carbonyl (C=O) groups excluding carboxylic acids is 1. The first kappa shape index (κ1) is 23.9. The molecule has 1 saturated carbocycles. The summed E-state index contributed by atoms with van der Waals surface area (Å²) in [5.41, 5.74) is 2.78. The number of hydrogen-bond acceptors (Lipinski definition) is 4. The number of hydrogen-bond donors (Lipinski definition) is 2. The van der Waals surface area contributed by atoms with Gasteiger partial charge in [-0.3, -0.25) is 0 Å². The molecular formula is C25H40O4. The summed E-state index contributed by atoms with van der Waals surface area (Å²) in [6, 6.07) is 0. The fourth-order valence-corrected chi connectivity index (χ4v) is 5.91. The van der Waals surface area contributed by atoms with Crippen LogP contribution in [0.25, 0.3) is 0 Å². The lowest BCUT2D eigenvalue weighted by atomic mass is 9.46. The van der Waals surface area contributed by atoms with Gasteiger partial charge in [0, 0.05) is 11.0 Å². The molecule has 0 saturated heterocycles. The molecule has 0 heterocycles. The Balaban J connectivity index is 2.32. The van der Waals surface area contributed by atoms with E-state index in [9.17, 15) is 9.90 Å².